The number of allylic oxidation sites excluding steroid dienone is 2. The number of esters is 1. The largest absolute Gasteiger partial charge is 1.00 e. The topological polar surface area (TPSA) is 138 Å². The van der Waals surface area contributed by atoms with Crippen LogP contribution in [-0.4, -0.2) is 45.1 Å². The number of hydrogen-bond acceptors (Lipinski definition) is 6. The van der Waals surface area contributed by atoms with Crippen molar-refractivity contribution < 1.29 is 68.8 Å². The molecule has 0 saturated heterocycles. The van der Waals surface area contributed by atoms with Gasteiger partial charge in [-0.1, -0.05) is 13.8 Å². The number of aliphatic carboxylic acids is 2. The van der Waals surface area contributed by atoms with Gasteiger partial charge in [0.25, 0.3) is 0 Å². The number of ketones is 1. The van der Waals surface area contributed by atoms with Crippen LogP contribution in [0.4, 0.5) is 0 Å². The summed E-state index contributed by atoms with van der Waals surface area (Å²) in [4.78, 5) is 50.2. The average molecular weight is 510 g/mol. The predicted molar refractivity (Wildman–Crippen MR) is 123 cm³/mol. The number of carbonyl (C=O) groups excluding carboxylic acids is 2. The zero-order chi connectivity index (χ0) is 25.4. The number of rotatable bonds is 3. The van der Waals surface area contributed by atoms with Gasteiger partial charge in [0.15, 0.2) is 0 Å². The van der Waals surface area contributed by atoms with E-state index >= 15 is 0 Å². The molecule has 5 aliphatic carbocycles. The molecule has 0 aromatic heterocycles. The van der Waals surface area contributed by atoms with Crippen LogP contribution in [0.3, 0.4) is 0 Å². The van der Waals surface area contributed by atoms with Crippen molar-refractivity contribution in [1.29, 1.82) is 0 Å². The summed E-state index contributed by atoms with van der Waals surface area (Å²) >= 11 is 0. The summed E-state index contributed by atoms with van der Waals surface area (Å²) in [5, 5.41) is 30.1. The Labute approximate surface area is 232 Å². The molecule has 0 spiro atoms. The van der Waals surface area contributed by atoms with Gasteiger partial charge in [-0.25, -0.2) is 9.59 Å². The number of carboxylic acids is 2. The summed E-state index contributed by atoms with van der Waals surface area (Å²) in [6.07, 6.45) is 4.01. The maximum atomic E-state index is 13.9. The SMILES string of the molecule is CC(=O)OC1=C2C(C[C@H]3[C@@H]4CC[C@@H]5C[C@H](O)CC[C@]5(C)[C@H]4C(=O)C[C@]23C)C(C(=O)O)=C(C(=O)O)C1.[Na+]. The molecule has 0 radical (unpaired) electrons. The molecule has 0 bridgehead atoms. The van der Waals surface area contributed by atoms with Crippen LogP contribution in [0.1, 0.15) is 72.1 Å². The first-order valence-electron chi connectivity index (χ1n) is 12.7. The minimum atomic E-state index is -1.33. The third-order valence-corrected chi connectivity index (χ3v) is 10.2. The number of carbonyl (C=O) groups is 4. The fraction of sp³-hybridized carbons (Fsp3) is 0.704. The Bertz CT molecular complexity index is 1090. The fourth-order valence-electron chi connectivity index (χ4n) is 8.99. The maximum absolute atomic E-state index is 13.9. The first-order valence-corrected chi connectivity index (χ1v) is 12.7. The van der Waals surface area contributed by atoms with Gasteiger partial charge in [0, 0.05) is 37.0 Å². The van der Waals surface area contributed by atoms with E-state index in [0.717, 1.165) is 19.3 Å². The van der Waals surface area contributed by atoms with Gasteiger partial charge < -0.3 is 20.1 Å². The molecule has 0 amide bonds. The predicted octanol–water partition coefficient (Wildman–Crippen LogP) is 0.486. The molecule has 0 aromatic rings. The van der Waals surface area contributed by atoms with Crippen molar-refractivity contribution in [3.05, 3.63) is 22.5 Å². The van der Waals surface area contributed by atoms with Gasteiger partial charge in [0.2, 0.25) is 0 Å². The quantitative estimate of drug-likeness (QED) is 0.369. The molecule has 4 saturated carbocycles. The second kappa shape index (κ2) is 9.37. The monoisotopic (exact) mass is 509 g/mol. The van der Waals surface area contributed by atoms with Crippen LogP contribution in [0.2, 0.25) is 0 Å². The van der Waals surface area contributed by atoms with Crippen LogP contribution in [-0.2, 0) is 23.9 Å². The smallest absolute Gasteiger partial charge is 0.478 e. The normalized spacial score (nSPS) is 41.4. The Balaban J connectivity index is 0.00000304. The molecule has 8 nitrogen and oxygen atoms in total. The second-order valence-electron chi connectivity index (χ2n) is 11.9. The second-order valence-corrected chi connectivity index (χ2v) is 11.9. The van der Waals surface area contributed by atoms with Gasteiger partial charge in [0.1, 0.15) is 11.5 Å². The van der Waals surface area contributed by atoms with Crippen molar-refractivity contribution >= 4 is 23.7 Å². The molecular weight excluding hydrogens is 475 g/mol. The van der Waals surface area contributed by atoms with E-state index in [-0.39, 0.29) is 100 Å². The van der Waals surface area contributed by atoms with E-state index < -0.39 is 29.2 Å². The number of aliphatic hydroxyl groups is 1. The van der Waals surface area contributed by atoms with E-state index in [9.17, 15) is 34.5 Å². The summed E-state index contributed by atoms with van der Waals surface area (Å²) < 4.78 is 5.53. The van der Waals surface area contributed by atoms with Gasteiger partial charge in [-0.15, -0.1) is 0 Å². The number of aliphatic hydroxyl groups excluding tert-OH is 1. The van der Waals surface area contributed by atoms with E-state index in [4.69, 9.17) is 4.74 Å². The van der Waals surface area contributed by atoms with Crippen molar-refractivity contribution in [2.45, 2.75) is 78.2 Å². The minimum absolute atomic E-state index is 0. The molecule has 8 atom stereocenters. The number of fused-ring (bicyclic) bond motifs is 7. The molecule has 9 heteroatoms. The van der Waals surface area contributed by atoms with Crippen molar-refractivity contribution in [2.75, 3.05) is 0 Å². The summed E-state index contributed by atoms with van der Waals surface area (Å²) in [7, 11) is 0. The number of carboxylic acid groups (broad SMARTS) is 2. The van der Waals surface area contributed by atoms with Crippen molar-refractivity contribution in [2.24, 2.45) is 40.4 Å². The van der Waals surface area contributed by atoms with E-state index in [1.807, 2.05) is 6.92 Å². The van der Waals surface area contributed by atoms with E-state index in [2.05, 4.69) is 6.92 Å². The molecule has 0 aliphatic heterocycles. The summed E-state index contributed by atoms with van der Waals surface area (Å²) in [5.41, 5.74) is -0.624. The molecule has 5 aliphatic rings. The minimum Gasteiger partial charge on any atom is -0.478 e. The molecule has 5 rings (SSSR count). The van der Waals surface area contributed by atoms with Crippen LogP contribution in [0.5, 0.6) is 0 Å². The third kappa shape index (κ3) is 3.94. The molecule has 190 valence electrons. The first kappa shape index (κ1) is 27.6. The molecule has 0 aromatic carbocycles. The van der Waals surface area contributed by atoms with Gasteiger partial charge >= 0.3 is 47.5 Å². The van der Waals surface area contributed by atoms with Crippen LogP contribution in [0.25, 0.3) is 0 Å². The van der Waals surface area contributed by atoms with Crippen LogP contribution in [0, 0.1) is 40.4 Å². The van der Waals surface area contributed by atoms with E-state index in [0.29, 0.717) is 24.8 Å². The van der Waals surface area contributed by atoms with Gasteiger partial charge in [0.05, 0.1) is 17.3 Å². The Kier molecular flexibility index (Phi) is 7.17. The molecule has 0 heterocycles. The Morgan fingerprint density at radius 1 is 1.03 bits per heavy atom. The summed E-state index contributed by atoms with van der Waals surface area (Å²) in [6, 6.07) is 0. The molecule has 4 fully saturated rings. The van der Waals surface area contributed by atoms with Gasteiger partial charge in [-0.2, -0.15) is 0 Å². The average Bonchev–Trinajstić information content (AvgIpc) is 3.05. The van der Waals surface area contributed by atoms with Crippen molar-refractivity contribution in [1.82, 2.24) is 0 Å². The van der Waals surface area contributed by atoms with Crippen LogP contribution in [0.15, 0.2) is 22.5 Å². The van der Waals surface area contributed by atoms with Crippen molar-refractivity contribution in [3.8, 4) is 0 Å². The Morgan fingerprint density at radius 2 is 1.72 bits per heavy atom. The number of Topliss-reactive ketones (excluding diaryl/α,β-unsaturated/α-hetero) is 1. The first-order chi connectivity index (χ1) is 16.4. The molecular formula is C27H34NaO8+. The van der Waals surface area contributed by atoms with Crippen LogP contribution >= 0.6 is 0 Å². The fourth-order valence-corrected chi connectivity index (χ4v) is 8.99. The molecule has 1 unspecified atom stereocenters. The third-order valence-electron chi connectivity index (χ3n) is 10.2. The number of ether oxygens (including phenoxy) is 1. The zero-order valence-electron chi connectivity index (χ0n) is 21.5. The Morgan fingerprint density at radius 3 is 2.33 bits per heavy atom. The van der Waals surface area contributed by atoms with Gasteiger partial charge in [-0.05, 0) is 67.3 Å². The van der Waals surface area contributed by atoms with Crippen LogP contribution < -0.4 is 29.6 Å². The zero-order valence-corrected chi connectivity index (χ0v) is 23.5. The maximum Gasteiger partial charge on any atom is 1.00 e. The molecule has 36 heavy (non-hydrogen) atoms. The van der Waals surface area contributed by atoms with E-state index in [1.54, 1.807) is 0 Å². The number of hydrogen-bond donors (Lipinski definition) is 3. The van der Waals surface area contributed by atoms with Gasteiger partial charge in [-0.3, -0.25) is 9.59 Å². The molecule has 3 N–H and O–H groups in total. The summed E-state index contributed by atoms with van der Waals surface area (Å²) in [5.74, 6) is -3.32. The summed E-state index contributed by atoms with van der Waals surface area (Å²) in [6.45, 7) is 5.42. The van der Waals surface area contributed by atoms with Crippen molar-refractivity contribution in [3.63, 3.8) is 0 Å². The van der Waals surface area contributed by atoms with E-state index in [1.165, 1.54) is 6.92 Å². The Hall–Kier alpha value is -1.48. The standard InChI is InChI=1S/C27H34O8.Na/c1-12(28)35-20-10-17(24(31)32)21(25(33)34)16-9-18-15-5-4-13-8-14(29)6-7-26(13,2)22(15)19(30)11-27(18,3)23(16)20;/h13-16,18,22,29H,4-11H2,1-3H3,(H,31,32)(H,33,34);/q;+1/t13-,14-,15+,16?,18+,22-,26+,27+;/m1./s1.